The Kier molecular flexibility index (Phi) is 3.46. The zero-order chi connectivity index (χ0) is 13.9. The van der Waals surface area contributed by atoms with Gasteiger partial charge in [0.2, 0.25) is 0 Å². The van der Waals surface area contributed by atoms with Gasteiger partial charge < -0.3 is 14.6 Å². The molecule has 0 aliphatic heterocycles. The second-order valence-corrected chi connectivity index (χ2v) is 5.04. The topological polar surface area (TPSA) is 45.5 Å². The van der Waals surface area contributed by atoms with Crippen molar-refractivity contribution in [3.8, 4) is 0 Å². The molecule has 0 saturated heterocycles. The number of nitrogens with one attached hydrogen (secondary N) is 1. The van der Waals surface area contributed by atoms with E-state index in [1.54, 1.807) is 6.26 Å². The Morgan fingerprint density at radius 3 is 2.75 bits per heavy atom. The van der Waals surface area contributed by atoms with Crippen LogP contribution in [0.1, 0.15) is 29.0 Å². The van der Waals surface area contributed by atoms with E-state index >= 15 is 0 Å². The normalized spacial score (nSPS) is 14.1. The van der Waals surface area contributed by atoms with Crippen molar-refractivity contribution in [3.63, 3.8) is 0 Å². The van der Waals surface area contributed by atoms with Gasteiger partial charge in [-0.15, -0.1) is 0 Å². The summed E-state index contributed by atoms with van der Waals surface area (Å²) in [6.45, 7) is 0.536. The summed E-state index contributed by atoms with van der Waals surface area (Å²) >= 11 is 0. The molecule has 1 saturated carbocycles. The van der Waals surface area contributed by atoms with Crippen LogP contribution in [-0.4, -0.2) is 23.9 Å². The van der Waals surface area contributed by atoms with Crippen LogP contribution in [0.5, 0.6) is 0 Å². The van der Waals surface area contributed by atoms with Crippen LogP contribution in [0.2, 0.25) is 0 Å². The van der Waals surface area contributed by atoms with Gasteiger partial charge in [0, 0.05) is 18.8 Å². The van der Waals surface area contributed by atoms with Crippen LogP contribution in [0.15, 0.2) is 47.1 Å². The van der Waals surface area contributed by atoms with Gasteiger partial charge in [-0.05, 0) is 37.1 Å². The van der Waals surface area contributed by atoms with Gasteiger partial charge in [0.1, 0.15) is 5.76 Å². The largest absolute Gasteiger partial charge is 0.467 e. The molecule has 0 spiro atoms. The minimum absolute atomic E-state index is 0.0638. The summed E-state index contributed by atoms with van der Waals surface area (Å²) in [6, 6.07) is 11.7. The molecule has 1 N–H and O–H groups in total. The number of hydrogen-bond donors (Lipinski definition) is 1. The third-order valence-electron chi connectivity index (χ3n) is 3.58. The monoisotopic (exact) mass is 270 g/mol. The highest BCUT2D eigenvalue weighted by atomic mass is 16.3. The van der Waals surface area contributed by atoms with Gasteiger partial charge in [0.15, 0.2) is 0 Å². The Bertz CT molecular complexity index is 588. The summed E-state index contributed by atoms with van der Waals surface area (Å²) in [6.07, 6.45) is 3.80. The van der Waals surface area contributed by atoms with E-state index < -0.39 is 0 Å². The molecule has 2 aromatic rings. The van der Waals surface area contributed by atoms with E-state index in [2.05, 4.69) is 5.32 Å². The Hall–Kier alpha value is -2.23. The van der Waals surface area contributed by atoms with Crippen LogP contribution in [0.4, 0.5) is 5.69 Å². The molecule has 1 aliphatic carbocycles. The van der Waals surface area contributed by atoms with Crippen LogP contribution < -0.4 is 5.32 Å². The minimum Gasteiger partial charge on any atom is -0.467 e. The number of carbonyl (C=O) groups excluding carboxylic acids is 1. The Labute approximate surface area is 118 Å². The molecule has 104 valence electrons. The first-order chi connectivity index (χ1) is 9.79. The van der Waals surface area contributed by atoms with Crippen molar-refractivity contribution in [1.29, 1.82) is 0 Å². The Morgan fingerprint density at radius 2 is 2.10 bits per heavy atom. The number of carbonyl (C=O) groups is 1. The SMILES string of the molecule is CNc1ccccc1C(=O)N(Cc1ccco1)C1CC1. The number of benzene rings is 1. The molecular weight excluding hydrogens is 252 g/mol. The van der Waals surface area contributed by atoms with E-state index in [-0.39, 0.29) is 5.91 Å². The van der Waals surface area contributed by atoms with Crippen LogP contribution in [0.3, 0.4) is 0 Å². The molecule has 1 aliphatic rings. The fourth-order valence-corrected chi connectivity index (χ4v) is 2.37. The predicted octanol–water partition coefficient (Wildman–Crippen LogP) is 3.13. The van der Waals surface area contributed by atoms with Crippen molar-refractivity contribution < 1.29 is 9.21 Å². The number of para-hydroxylation sites is 1. The molecule has 4 nitrogen and oxygen atoms in total. The second kappa shape index (κ2) is 5.41. The highest BCUT2D eigenvalue weighted by Gasteiger charge is 2.34. The van der Waals surface area contributed by atoms with Gasteiger partial charge in [-0.2, -0.15) is 0 Å². The molecule has 3 rings (SSSR count). The van der Waals surface area contributed by atoms with Crippen molar-refractivity contribution in [1.82, 2.24) is 4.90 Å². The lowest BCUT2D eigenvalue weighted by molar-refractivity contribution is 0.0718. The van der Waals surface area contributed by atoms with Crippen LogP contribution in [0, 0.1) is 0 Å². The highest BCUT2D eigenvalue weighted by molar-refractivity contribution is 5.99. The summed E-state index contributed by atoms with van der Waals surface area (Å²) in [7, 11) is 1.83. The number of hydrogen-bond acceptors (Lipinski definition) is 3. The van der Waals surface area contributed by atoms with Gasteiger partial charge in [-0.25, -0.2) is 0 Å². The van der Waals surface area contributed by atoms with Crippen LogP contribution in [-0.2, 0) is 6.54 Å². The first-order valence-electron chi connectivity index (χ1n) is 6.89. The quantitative estimate of drug-likeness (QED) is 0.908. The van der Waals surface area contributed by atoms with Gasteiger partial charge in [0.25, 0.3) is 5.91 Å². The van der Waals surface area contributed by atoms with Crippen molar-refractivity contribution >= 4 is 11.6 Å². The molecule has 1 aromatic heterocycles. The molecule has 1 aromatic carbocycles. The molecule has 0 bridgehead atoms. The van der Waals surface area contributed by atoms with Gasteiger partial charge in [-0.1, -0.05) is 12.1 Å². The fraction of sp³-hybridized carbons (Fsp3) is 0.312. The third kappa shape index (κ3) is 2.54. The van der Waals surface area contributed by atoms with Gasteiger partial charge in [-0.3, -0.25) is 4.79 Å². The van der Waals surface area contributed by atoms with Crippen molar-refractivity contribution in [2.45, 2.75) is 25.4 Å². The van der Waals surface area contributed by atoms with E-state index in [0.29, 0.717) is 18.2 Å². The standard InChI is InChI=1S/C16H18N2O2/c1-17-15-7-3-2-6-14(15)16(19)18(12-8-9-12)11-13-5-4-10-20-13/h2-7,10,12,17H,8-9,11H2,1H3. The number of nitrogens with zero attached hydrogens (tertiary/aromatic N) is 1. The van der Waals surface area contributed by atoms with E-state index in [0.717, 1.165) is 24.3 Å². The molecule has 0 atom stereocenters. The van der Waals surface area contributed by atoms with E-state index in [9.17, 15) is 4.79 Å². The average molecular weight is 270 g/mol. The number of anilines is 1. The first-order valence-corrected chi connectivity index (χ1v) is 6.89. The predicted molar refractivity (Wildman–Crippen MR) is 77.6 cm³/mol. The first kappa shape index (κ1) is 12.8. The maximum Gasteiger partial charge on any atom is 0.256 e. The minimum atomic E-state index is 0.0638. The molecule has 20 heavy (non-hydrogen) atoms. The smallest absolute Gasteiger partial charge is 0.256 e. The number of amides is 1. The summed E-state index contributed by atoms with van der Waals surface area (Å²) in [4.78, 5) is 14.7. The number of furan rings is 1. The lowest BCUT2D eigenvalue weighted by atomic mass is 10.1. The van der Waals surface area contributed by atoms with Gasteiger partial charge in [0.05, 0.1) is 18.4 Å². The maximum atomic E-state index is 12.8. The zero-order valence-corrected chi connectivity index (χ0v) is 11.5. The van der Waals surface area contributed by atoms with Crippen LogP contribution in [0.25, 0.3) is 0 Å². The molecule has 1 fully saturated rings. The van der Waals surface area contributed by atoms with Crippen molar-refractivity contribution in [3.05, 3.63) is 54.0 Å². The summed E-state index contributed by atoms with van der Waals surface area (Å²) in [5.41, 5.74) is 1.58. The molecule has 0 unspecified atom stereocenters. The Balaban J connectivity index is 1.85. The Morgan fingerprint density at radius 1 is 1.30 bits per heavy atom. The van der Waals surface area contributed by atoms with Gasteiger partial charge >= 0.3 is 0 Å². The van der Waals surface area contributed by atoms with E-state index in [4.69, 9.17) is 4.42 Å². The fourth-order valence-electron chi connectivity index (χ4n) is 2.37. The van der Waals surface area contributed by atoms with Crippen molar-refractivity contribution in [2.24, 2.45) is 0 Å². The molecule has 1 amide bonds. The van der Waals surface area contributed by atoms with Crippen molar-refractivity contribution in [2.75, 3.05) is 12.4 Å². The van der Waals surface area contributed by atoms with E-state index in [1.165, 1.54) is 0 Å². The van der Waals surface area contributed by atoms with Crippen LogP contribution >= 0.6 is 0 Å². The lowest BCUT2D eigenvalue weighted by Crippen LogP contribution is -2.32. The maximum absolute atomic E-state index is 12.8. The summed E-state index contributed by atoms with van der Waals surface area (Å²) < 4.78 is 5.38. The summed E-state index contributed by atoms with van der Waals surface area (Å²) in [5.74, 6) is 0.890. The molecule has 4 heteroatoms. The molecule has 1 heterocycles. The lowest BCUT2D eigenvalue weighted by Gasteiger charge is -2.22. The van der Waals surface area contributed by atoms with E-state index in [1.807, 2.05) is 48.3 Å². The summed E-state index contributed by atoms with van der Waals surface area (Å²) in [5, 5.41) is 3.08. The number of rotatable bonds is 5. The molecule has 0 radical (unpaired) electrons. The molecular formula is C16H18N2O2. The highest BCUT2D eigenvalue weighted by Crippen LogP contribution is 2.31. The second-order valence-electron chi connectivity index (χ2n) is 5.04. The average Bonchev–Trinajstić information content (AvgIpc) is 3.20. The third-order valence-corrected chi connectivity index (χ3v) is 3.58. The zero-order valence-electron chi connectivity index (χ0n) is 11.5.